The Morgan fingerprint density at radius 2 is 1.73 bits per heavy atom. The zero-order valence-electron chi connectivity index (χ0n) is 16.6. The zero-order valence-corrected chi connectivity index (χ0v) is 16.6. The Bertz CT molecular complexity index is 1370. The molecule has 30 heavy (non-hydrogen) atoms. The van der Waals surface area contributed by atoms with Crippen LogP contribution in [0.25, 0.3) is 22.6 Å². The molecular formula is C21H19F2N5O2. The van der Waals surface area contributed by atoms with E-state index in [-0.39, 0.29) is 35.1 Å². The van der Waals surface area contributed by atoms with E-state index in [1.165, 1.54) is 15.2 Å². The van der Waals surface area contributed by atoms with Crippen molar-refractivity contribution >= 4 is 11.2 Å². The highest BCUT2D eigenvalue weighted by Gasteiger charge is 2.23. The molecule has 0 unspecified atom stereocenters. The van der Waals surface area contributed by atoms with Gasteiger partial charge in [-0.25, -0.2) is 9.78 Å². The third-order valence-electron chi connectivity index (χ3n) is 4.87. The van der Waals surface area contributed by atoms with Crippen molar-refractivity contribution in [2.24, 2.45) is 0 Å². The van der Waals surface area contributed by atoms with Crippen molar-refractivity contribution in [3.63, 3.8) is 0 Å². The van der Waals surface area contributed by atoms with Gasteiger partial charge in [-0.1, -0.05) is 29.8 Å². The maximum Gasteiger partial charge on any atom is 0.330 e. The minimum atomic E-state index is -1.05. The van der Waals surface area contributed by atoms with E-state index >= 15 is 0 Å². The van der Waals surface area contributed by atoms with Gasteiger partial charge in [-0.05, 0) is 38.5 Å². The Balaban J connectivity index is 2.07. The van der Waals surface area contributed by atoms with E-state index in [2.05, 4.69) is 15.0 Å². The first kappa shape index (κ1) is 19.7. The molecule has 0 spiro atoms. The van der Waals surface area contributed by atoms with Crippen LogP contribution in [0.15, 0.2) is 46.0 Å². The fraction of sp³-hybridized carbons (Fsp3) is 0.238. The lowest BCUT2D eigenvalue weighted by Gasteiger charge is -2.11. The van der Waals surface area contributed by atoms with Crippen LogP contribution in [0.3, 0.4) is 0 Å². The second-order valence-electron chi connectivity index (χ2n) is 7.37. The number of rotatable bonds is 4. The van der Waals surface area contributed by atoms with Crippen molar-refractivity contribution in [2.75, 3.05) is 0 Å². The summed E-state index contributed by atoms with van der Waals surface area (Å²) in [4.78, 5) is 35.1. The highest BCUT2D eigenvalue weighted by Crippen LogP contribution is 2.26. The number of imidazole rings is 1. The smallest absolute Gasteiger partial charge is 0.313 e. The van der Waals surface area contributed by atoms with Crippen LogP contribution >= 0.6 is 0 Å². The third kappa shape index (κ3) is 3.32. The van der Waals surface area contributed by atoms with Gasteiger partial charge in [0.05, 0.1) is 5.56 Å². The van der Waals surface area contributed by atoms with E-state index in [0.717, 1.165) is 17.2 Å². The number of H-pyrrole nitrogens is 1. The van der Waals surface area contributed by atoms with E-state index < -0.39 is 23.1 Å². The van der Waals surface area contributed by atoms with Gasteiger partial charge in [-0.3, -0.25) is 14.3 Å². The van der Waals surface area contributed by atoms with Crippen molar-refractivity contribution in [2.45, 2.75) is 33.4 Å². The van der Waals surface area contributed by atoms with E-state index in [1.54, 1.807) is 13.8 Å². The van der Waals surface area contributed by atoms with Crippen LogP contribution in [0, 0.1) is 18.8 Å². The molecule has 0 bridgehead atoms. The number of benzene rings is 1. The second kappa shape index (κ2) is 7.33. The number of hydrogen-bond acceptors (Lipinski definition) is 4. The van der Waals surface area contributed by atoms with Crippen molar-refractivity contribution < 1.29 is 8.78 Å². The summed E-state index contributed by atoms with van der Waals surface area (Å²) in [5.41, 5.74) is 0.863. The summed E-state index contributed by atoms with van der Waals surface area (Å²) in [6.45, 7) is 5.70. The van der Waals surface area contributed by atoms with Crippen LogP contribution in [0.5, 0.6) is 0 Å². The molecule has 0 atom stereocenters. The van der Waals surface area contributed by atoms with Gasteiger partial charge < -0.3 is 4.57 Å². The first-order valence-electron chi connectivity index (χ1n) is 9.39. The fourth-order valence-electron chi connectivity index (χ4n) is 3.44. The summed E-state index contributed by atoms with van der Waals surface area (Å²) in [6, 6.07) is 9.55. The second-order valence-corrected chi connectivity index (χ2v) is 7.37. The molecule has 4 aromatic rings. The lowest BCUT2D eigenvalue weighted by molar-refractivity contribution is 0.514. The van der Waals surface area contributed by atoms with E-state index in [0.29, 0.717) is 0 Å². The first-order chi connectivity index (χ1) is 14.3. The third-order valence-corrected chi connectivity index (χ3v) is 4.87. The summed E-state index contributed by atoms with van der Waals surface area (Å²) in [5.74, 6) is -1.93. The van der Waals surface area contributed by atoms with Crippen molar-refractivity contribution in [1.82, 2.24) is 24.1 Å². The van der Waals surface area contributed by atoms with Crippen LogP contribution in [-0.4, -0.2) is 24.1 Å². The molecule has 9 heteroatoms. The molecule has 3 heterocycles. The number of nitrogens with one attached hydrogen (secondary N) is 1. The molecule has 3 aromatic heterocycles. The Labute approximate surface area is 169 Å². The Hall–Kier alpha value is -3.62. The topological polar surface area (TPSA) is 85.6 Å². The summed E-state index contributed by atoms with van der Waals surface area (Å²) in [5, 5.41) is 0. The molecule has 7 nitrogen and oxygen atoms in total. The molecular weight excluding hydrogens is 392 g/mol. The quantitative estimate of drug-likeness (QED) is 0.523. The van der Waals surface area contributed by atoms with Crippen molar-refractivity contribution in [1.29, 1.82) is 0 Å². The molecule has 0 aliphatic heterocycles. The molecule has 0 amide bonds. The maximum atomic E-state index is 14.5. The molecule has 0 radical (unpaired) electrons. The molecule has 0 aliphatic rings. The summed E-state index contributed by atoms with van der Waals surface area (Å²) in [7, 11) is 0. The average Bonchev–Trinajstić information content (AvgIpc) is 3.02. The normalized spacial score (nSPS) is 11.5. The van der Waals surface area contributed by atoms with Gasteiger partial charge in [0.15, 0.2) is 11.2 Å². The predicted octanol–water partition coefficient (Wildman–Crippen LogP) is 3.16. The maximum absolute atomic E-state index is 14.5. The van der Waals surface area contributed by atoms with Crippen LogP contribution < -0.4 is 11.2 Å². The lowest BCUT2D eigenvalue weighted by atomic mass is 10.1. The number of aryl methyl sites for hydroxylation is 1. The van der Waals surface area contributed by atoms with Gasteiger partial charge in [-0.15, -0.1) is 0 Å². The largest absolute Gasteiger partial charge is 0.330 e. The van der Waals surface area contributed by atoms with Gasteiger partial charge in [0.2, 0.25) is 11.9 Å². The lowest BCUT2D eigenvalue weighted by Crippen LogP contribution is -2.32. The van der Waals surface area contributed by atoms with E-state index in [4.69, 9.17) is 0 Å². The molecule has 0 aliphatic carbocycles. The highest BCUT2D eigenvalue weighted by molar-refractivity contribution is 5.77. The molecule has 0 saturated carbocycles. The van der Waals surface area contributed by atoms with E-state index in [1.807, 2.05) is 31.2 Å². The van der Waals surface area contributed by atoms with Crippen LogP contribution in [0.2, 0.25) is 0 Å². The number of pyridine rings is 1. The fourth-order valence-corrected chi connectivity index (χ4v) is 3.44. The molecule has 0 fully saturated rings. The molecule has 154 valence electrons. The molecule has 1 aromatic carbocycles. The molecule has 0 saturated heterocycles. The average molecular weight is 411 g/mol. The SMILES string of the molecule is Cc1ccc(Cn2c(-c3ccc(F)nc3F)nc3c2c(=O)[nH]c(=O)n3C(C)C)cc1. The monoisotopic (exact) mass is 411 g/mol. The number of nitrogens with zero attached hydrogens (tertiary/aromatic N) is 4. The van der Waals surface area contributed by atoms with Crippen LogP contribution in [0.1, 0.15) is 31.0 Å². The summed E-state index contributed by atoms with van der Waals surface area (Å²) < 4.78 is 30.7. The number of hydrogen-bond donors (Lipinski definition) is 1. The van der Waals surface area contributed by atoms with Gasteiger partial charge in [0.25, 0.3) is 5.56 Å². The molecule has 1 N–H and O–H groups in total. The van der Waals surface area contributed by atoms with Crippen molar-refractivity contribution in [3.8, 4) is 11.4 Å². The predicted molar refractivity (Wildman–Crippen MR) is 108 cm³/mol. The first-order valence-corrected chi connectivity index (χ1v) is 9.39. The Morgan fingerprint density at radius 3 is 2.37 bits per heavy atom. The Morgan fingerprint density at radius 1 is 1.03 bits per heavy atom. The highest BCUT2D eigenvalue weighted by atomic mass is 19.1. The summed E-state index contributed by atoms with van der Waals surface area (Å²) in [6.07, 6.45) is 0. The number of aromatic amines is 1. The number of halogens is 2. The van der Waals surface area contributed by atoms with E-state index in [9.17, 15) is 18.4 Å². The van der Waals surface area contributed by atoms with Gasteiger partial charge >= 0.3 is 5.69 Å². The Kier molecular flexibility index (Phi) is 4.81. The minimum absolute atomic E-state index is 0.0677. The molecule has 4 rings (SSSR count). The number of fused-ring (bicyclic) bond motifs is 1. The standard InChI is InChI=1S/C21H19F2N5O2/c1-11(2)28-19-16(20(29)26-21(28)30)27(10-13-6-4-12(3)5-7-13)18(25-19)14-8-9-15(22)24-17(14)23/h4-9,11H,10H2,1-3H3,(H,26,29,30). The van der Waals surface area contributed by atoms with Gasteiger partial charge in [-0.2, -0.15) is 13.8 Å². The van der Waals surface area contributed by atoms with Gasteiger partial charge in [0.1, 0.15) is 5.82 Å². The number of aromatic nitrogens is 5. The van der Waals surface area contributed by atoms with Gasteiger partial charge in [0, 0.05) is 12.6 Å². The van der Waals surface area contributed by atoms with Crippen LogP contribution in [0.4, 0.5) is 8.78 Å². The minimum Gasteiger partial charge on any atom is -0.313 e. The van der Waals surface area contributed by atoms with Crippen LogP contribution in [-0.2, 0) is 6.54 Å². The van der Waals surface area contributed by atoms with Crippen molar-refractivity contribution in [3.05, 3.63) is 80.3 Å². The zero-order chi connectivity index (χ0) is 21.6. The summed E-state index contributed by atoms with van der Waals surface area (Å²) >= 11 is 0.